The summed E-state index contributed by atoms with van der Waals surface area (Å²) in [5, 5.41) is 10.8. The first-order chi connectivity index (χ1) is 22.0. The molecular formula is C35H68N6O5S. The van der Waals surface area contributed by atoms with E-state index in [4.69, 9.17) is 0 Å². The van der Waals surface area contributed by atoms with E-state index >= 15 is 0 Å². The summed E-state index contributed by atoms with van der Waals surface area (Å²) in [5.74, 6) is -1.08. The molecule has 47 heavy (non-hydrogen) atoms. The molecule has 11 nitrogen and oxygen atoms in total. The molecule has 0 aromatic rings. The standard InChI is InChI=1S/C19H28N4O5.C9H22N2S.C4H10.C3H8/c1-2-8-21-19(28)17(26)14(10-13-5-3-6-13)22-18(27)15-7-4-9-23(15)16(25)11-20-12-24;1-9(2,3)8(10-4)7-11(5)12-6;1-4(2)3;1-3-2/h2,12-15H,1,3-11H2,(H,20,24)(H,21,28)(H,22,27);8,10H,7H2,1-6H3;4H,1-3H3;3H2,1-2H3. The topological polar surface area (TPSA) is 140 Å². The molecule has 4 amide bonds. The van der Waals surface area contributed by atoms with E-state index in [1.54, 1.807) is 11.9 Å². The maximum atomic E-state index is 12.8. The zero-order valence-corrected chi connectivity index (χ0v) is 32.2. The van der Waals surface area contributed by atoms with Crippen LogP contribution in [0.2, 0.25) is 0 Å². The minimum atomic E-state index is -0.909. The molecule has 1 saturated carbocycles. The van der Waals surface area contributed by atoms with Gasteiger partial charge >= 0.3 is 0 Å². The molecule has 12 heteroatoms. The highest BCUT2D eigenvalue weighted by Crippen LogP contribution is 2.31. The van der Waals surface area contributed by atoms with Crippen molar-refractivity contribution >= 4 is 41.9 Å². The summed E-state index contributed by atoms with van der Waals surface area (Å²) in [6.45, 7) is 22.5. The SMILES string of the molecule is C=CCNC(=O)C(=O)C(CC1CCC1)NC(=O)C1CCCN1C(=O)CNC=O.CC(C)C.CCC.CNC(CN(C)SC)C(C)(C)C. The Kier molecular flexibility index (Phi) is 26.3. The molecule has 0 radical (unpaired) electrons. The van der Waals surface area contributed by atoms with Gasteiger partial charge in [-0.15, -0.1) is 6.58 Å². The van der Waals surface area contributed by atoms with Crippen molar-refractivity contribution in [3.05, 3.63) is 12.7 Å². The molecule has 0 spiro atoms. The third-order valence-electron chi connectivity index (χ3n) is 7.42. The van der Waals surface area contributed by atoms with E-state index in [0.29, 0.717) is 49.6 Å². The lowest BCUT2D eigenvalue weighted by Crippen LogP contribution is -2.54. The molecule has 0 aromatic heterocycles. The highest BCUT2D eigenvalue weighted by molar-refractivity contribution is 7.96. The fraction of sp³-hybridized carbons (Fsp3) is 0.800. The molecule has 274 valence electrons. The molecule has 2 aliphatic rings. The van der Waals surface area contributed by atoms with Crippen molar-refractivity contribution in [2.45, 2.75) is 118 Å². The summed E-state index contributed by atoms with van der Waals surface area (Å²) in [5.41, 5.74) is 0.332. The third-order valence-corrected chi connectivity index (χ3v) is 8.19. The fourth-order valence-corrected chi connectivity index (χ4v) is 4.97. The smallest absolute Gasteiger partial charge is 0.289 e. The molecule has 4 N–H and O–H groups in total. The predicted molar refractivity (Wildman–Crippen MR) is 196 cm³/mol. The number of nitrogens with one attached hydrogen (secondary N) is 4. The number of likely N-dealkylation sites (N-methyl/N-ethyl adjacent to an activating group) is 2. The number of nitrogens with zero attached hydrogens (tertiary/aromatic N) is 2. The Labute approximate surface area is 290 Å². The van der Waals surface area contributed by atoms with Crippen LogP contribution in [0.3, 0.4) is 0 Å². The number of carbonyl (C=O) groups is 5. The van der Waals surface area contributed by atoms with Crippen LogP contribution in [-0.2, 0) is 24.0 Å². The lowest BCUT2D eigenvalue weighted by molar-refractivity contribution is -0.142. The van der Waals surface area contributed by atoms with E-state index in [1.165, 1.54) is 17.4 Å². The molecule has 3 atom stereocenters. The quantitative estimate of drug-likeness (QED) is 0.0873. The highest BCUT2D eigenvalue weighted by Gasteiger charge is 2.37. The summed E-state index contributed by atoms with van der Waals surface area (Å²) in [6, 6.07) is -1.06. The molecule has 0 bridgehead atoms. The first kappa shape index (κ1) is 46.7. The van der Waals surface area contributed by atoms with Gasteiger partial charge in [0, 0.05) is 25.7 Å². The van der Waals surface area contributed by atoms with Crippen LogP contribution in [0, 0.1) is 17.3 Å². The van der Waals surface area contributed by atoms with Gasteiger partial charge in [0.2, 0.25) is 24.0 Å². The third kappa shape index (κ3) is 21.2. The van der Waals surface area contributed by atoms with Gasteiger partial charge in [0.15, 0.2) is 0 Å². The van der Waals surface area contributed by atoms with Crippen LogP contribution >= 0.6 is 11.9 Å². The van der Waals surface area contributed by atoms with Gasteiger partial charge in [-0.3, -0.25) is 28.3 Å². The number of ketones is 1. The average Bonchev–Trinajstić information content (AvgIpc) is 3.48. The van der Waals surface area contributed by atoms with E-state index in [0.717, 1.165) is 31.7 Å². The minimum Gasteiger partial charge on any atom is -0.350 e. The second-order valence-electron chi connectivity index (χ2n) is 13.8. The van der Waals surface area contributed by atoms with Crippen molar-refractivity contribution in [3.8, 4) is 0 Å². The Morgan fingerprint density at radius 2 is 1.64 bits per heavy atom. The van der Waals surface area contributed by atoms with Crippen molar-refractivity contribution in [1.29, 1.82) is 0 Å². The molecule has 1 heterocycles. The Hall–Kier alpha value is -2.44. The van der Waals surface area contributed by atoms with Crippen LogP contribution < -0.4 is 21.3 Å². The Morgan fingerprint density at radius 1 is 1.06 bits per heavy atom. The summed E-state index contributed by atoms with van der Waals surface area (Å²) in [7, 11) is 4.16. The fourth-order valence-electron chi connectivity index (χ4n) is 4.67. The summed E-state index contributed by atoms with van der Waals surface area (Å²) < 4.78 is 2.26. The number of likely N-dealkylation sites (tertiary alicyclic amines) is 1. The average molecular weight is 685 g/mol. The number of hydrogen-bond acceptors (Lipinski definition) is 8. The normalized spacial score (nSPS) is 16.9. The molecule has 3 unspecified atom stereocenters. The Bertz CT molecular complexity index is 920. The second-order valence-corrected chi connectivity index (χ2v) is 14.8. The van der Waals surface area contributed by atoms with Gasteiger partial charge in [0.25, 0.3) is 5.91 Å². The van der Waals surface area contributed by atoms with Crippen molar-refractivity contribution < 1.29 is 24.0 Å². The molecular weight excluding hydrogens is 616 g/mol. The largest absolute Gasteiger partial charge is 0.350 e. The second kappa shape index (κ2) is 26.5. The lowest BCUT2D eigenvalue weighted by Gasteiger charge is -2.32. The van der Waals surface area contributed by atoms with Gasteiger partial charge in [0.05, 0.1) is 12.6 Å². The van der Waals surface area contributed by atoms with Crippen molar-refractivity contribution in [3.63, 3.8) is 0 Å². The molecule has 1 saturated heterocycles. The van der Waals surface area contributed by atoms with E-state index in [9.17, 15) is 24.0 Å². The molecule has 2 fully saturated rings. The van der Waals surface area contributed by atoms with Crippen molar-refractivity contribution in [1.82, 2.24) is 30.5 Å². The maximum Gasteiger partial charge on any atom is 0.289 e. The van der Waals surface area contributed by atoms with Crippen LogP contribution in [0.15, 0.2) is 12.7 Å². The van der Waals surface area contributed by atoms with E-state index in [1.807, 2.05) is 7.05 Å². The molecule has 1 aliphatic heterocycles. The van der Waals surface area contributed by atoms with E-state index in [2.05, 4.69) is 101 Å². The van der Waals surface area contributed by atoms with Gasteiger partial charge in [-0.2, -0.15) is 0 Å². The number of Topliss-reactive ketones (excluding diaryl/α,β-unsaturated/α-hetero) is 1. The highest BCUT2D eigenvalue weighted by atomic mass is 32.2. The maximum absolute atomic E-state index is 12.8. The summed E-state index contributed by atoms with van der Waals surface area (Å²) in [4.78, 5) is 61.4. The Balaban J connectivity index is 0. The Morgan fingerprint density at radius 3 is 2.06 bits per heavy atom. The van der Waals surface area contributed by atoms with Crippen LogP contribution in [-0.4, -0.2) is 104 Å². The van der Waals surface area contributed by atoms with E-state index in [-0.39, 0.29) is 19.0 Å². The zero-order chi connectivity index (χ0) is 36.6. The summed E-state index contributed by atoms with van der Waals surface area (Å²) >= 11 is 1.78. The van der Waals surface area contributed by atoms with Gasteiger partial charge in [0.1, 0.15) is 6.04 Å². The number of rotatable bonds is 15. The molecule has 2 rings (SSSR count). The number of carbonyl (C=O) groups excluding carboxylic acids is 5. The summed E-state index contributed by atoms with van der Waals surface area (Å²) in [6.07, 6.45) is 9.83. The van der Waals surface area contributed by atoms with Crippen molar-refractivity contribution in [2.24, 2.45) is 17.3 Å². The van der Waals surface area contributed by atoms with Gasteiger partial charge < -0.3 is 26.2 Å². The lowest BCUT2D eigenvalue weighted by atomic mass is 9.80. The first-order valence-electron chi connectivity index (χ1n) is 17.2. The minimum absolute atomic E-state index is 0.170. The molecule has 0 aromatic carbocycles. The van der Waals surface area contributed by atoms with Gasteiger partial charge in [-0.05, 0) is 56.9 Å². The van der Waals surface area contributed by atoms with Crippen LogP contribution in [0.25, 0.3) is 0 Å². The van der Waals surface area contributed by atoms with E-state index < -0.39 is 29.7 Å². The van der Waals surface area contributed by atoms with Gasteiger partial charge in [-0.1, -0.05) is 99.1 Å². The number of hydrogen-bond donors (Lipinski definition) is 4. The zero-order valence-electron chi connectivity index (χ0n) is 31.4. The number of amides is 4. The van der Waals surface area contributed by atoms with Crippen LogP contribution in [0.4, 0.5) is 0 Å². The molecule has 1 aliphatic carbocycles. The first-order valence-corrected chi connectivity index (χ1v) is 18.3. The van der Waals surface area contributed by atoms with Gasteiger partial charge in [-0.25, -0.2) is 0 Å². The van der Waals surface area contributed by atoms with Crippen molar-refractivity contribution in [2.75, 3.05) is 46.5 Å². The monoisotopic (exact) mass is 684 g/mol. The van der Waals surface area contributed by atoms with Crippen LogP contribution in [0.1, 0.15) is 100 Å². The van der Waals surface area contributed by atoms with Crippen LogP contribution in [0.5, 0.6) is 0 Å². The predicted octanol–water partition coefficient (Wildman–Crippen LogP) is 4.18.